The molecule has 0 unspecified atom stereocenters. The topological polar surface area (TPSA) is 89.7 Å². The van der Waals surface area contributed by atoms with Gasteiger partial charge in [-0.1, -0.05) is 17.3 Å². The van der Waals surface area contributed by atoms with Crippen LogP contribution in [-0.4, -0.2) is 30.8 Å². The van der Waals surface area contributed by atoms with Gasteiger partial charge in [0.15, 0.2) is 0 Å². The Morgan fingerprint density at radius 2 is 1.92 bits per heavy atom. The lowest BCUT2D eigenvalue weighted by molar-refractivity contribution is 0.249. The van der Waals surface area contributed by atoms with Crippen LogP contribution in [0.3, 0.4) is 0 Å². The Bertz CT molecular complexity index is 821. The van der Waals surface area contributed by atoms with Gasteiger partial charge >= 0.3 is 6.03 Å². The molecule has 130 valence electrons. The highest BCUT2D eigenvalue weighted by Gasteiger charge is 2.11. The van der Waals surface area contributed by atoms with Gasteiger partial charge in [0.1, 0.15) is 0 Å². The van der Waals surface area contributed by atoms with E-state index in [1.54, 1.807) is 28.0 Å². The Morgan fingerprint density at radius 3 is 2.52 bits per heavy atom. The molecule has 8 nitrogen and oxygen atoms in total. The summed E-state index contributed by atoms with van der Waals surface area (Å²) in [4.78, 5) is 12.1. The van der Waals surface area contributed by atoms with Gasteiger partial charge in [-0.25, -0.2) is 9.48 Å². The van der Waals surface area contributed by atoms with E-state index in [9.17, 15) is 4.79 Å². The predicted octanol–water partition coefficient (Wildman–Crippen LogP) is 2.93. The molecule has 0 fully saturated rings. The number of aromatic nitrogens is 5. The molecule has 2 N–H and O–H groups in total. The summed E-state index contributed by atoms with van der Waals surface area (Å²) in [6.07, 6.45) is 6.85. The number of carbonyl (C=O) groups excluding carboxylic acids is 1. The van der Waals surface area contributed by atoms with Crippen LogP contribution in [0.5, 0.6) is 0 Å². The summed E-state index contributed by atoms with van der Waals surface area (Å²) in [5.41, 5.74) is 2.58. The van der Waals surface area contributed by atoms with E-state index in [0.717, 1.165) is 11.3 Å². The number of carbonyl (C=O) groups is 1. The normalized spacial score (nSPS) is 12.2. The smallest absolute Gasteiger partial charge is 0.319 e. The van der Waals surface area contributed by atoms with E-state index in [4.69, 9.17) is 0 Å². The van der Waals surface area contributed by atoms with Crippen LogP contribution in [0.1, 0.15) is 38.4 Å². The van der Waals surface area contributed by atoms with Crippen LogP contribution in [-0.2, 0) is 0 Å². The first-order chi connectivity index (χ1) is 12.0. The van der Waals surface area contributed by atoms with Crippen molar-refractivity contribution in [3.63, 3.8) is 0 Å². The average molecular weight is 339 g/mol. The zero-order chi connectivity index (χ0) is 17.8. The number of hydrogen-bond donors (Lipinski definition) is 2. The van der Waals surface area contributed by atoms with Crippen LogP contribution in [0, 0.1) is 0 Å². The van der Waals surface area contributed by atoms with Gasteiger partial charge < -0.3 is 10.6 Å². The van der Waals surface area contributed by atoms with E-state index in [1.165, 1.54) is 0 Å². The minimum absolute atomic E-state index is 0.134. The van der Waals surface area contributed by atoms with Crippen LogP contribution >= 0.6 is 0 Å². The second-order valence-electron chi connectivity index (χ2n) is 6.06. The van der Waals surface area contributed by atoms with Crippen molar-refractivity contribution in [1.82, 2.24) is 30.1 Å². The molecular weight excluding hydrogens is 318 g/mol. The molecule has 0 saturated heterocycles. The summed E-state index contributed by atoms with van der Waals surface area (Å²) in [6, 6.07) is 7.64. The molecule has 0 saturated carbocycles. The number of anilines is 1. The van der Waals surface area contributed by atoms with E-state index in [-0.39, 0.29) is 18.1 Å². The summed E-state index contributed by atoms with van der Waals surface area (Å²) in [5, 5.41) is 17.7. The molecule has 2 aromatic heterocycles. The fourth-order valence-electron chi connectivity index (χ4n) is 2.39. The lowest BCUT2D eigenvalue weighted by Gasteiger charge is -2.15. The van der Waals surface area contributed by atoms with Crippen molar-refractivity contribution in [2.24, 2.45) is 0 Å². The van der Waals surface area contributed by atoms with Crippen LogP contribution < -0.4 is 10.6 Å². The molecule has 2 amide bonds. The van der Waals surface area contributed by atoms with Crippen LogP contribution in [0.15, 0.2) is 49.1 Å². The zero-order valence-electron chi connectivity index (χ0n) is 14.4. The molecule has 0 spiro atoms. The Hall–Kier alpha value is -3.16. The van der Waals surface area contributed by atoms with E-state index in [1.807, 2.05) is 51.2 Å². The van der Waals surface area contributed by atoms with E-state index in [0.29, 0.717) is 5.69 Å². The van der Waals surface area contributed by atoms with Crippen molar-refractivity contribution in [2.75, 3.05) is 5.32 Å². The molecule has 3 rings (SSSR count). The molecule has 8 heteroatoms. The van der Waals surface area contributed by atoms with Gasteiger partial charge in [-0.05, 0) is 38.5 Å². The summed E-state index contributed by atoms with van der Waals surface area (Å²) < 4.78 is 3.48. The van der Waals surface area contributed by atoms with Gasteiger partial charge in [0, 0.05) is 12.2 Å². The highest BCUT2D eigenvalue weighted by Crippen LogP contribution is 2.16. The van der Waals surface area contributed by atoms with Crippen LogP contribution in [0.4, 0.5) is 10.5 Å². The maximum absolute atomic E-state index is 12.1. The minimum atomic E-state index is -0.267. The molecule has 2 heterocycles. The quantitative estimate of drug-likeness (QED) is 0.748. The Kier molecular flexibility index (Phi) is 4.78. The molecule has 0 aliphatic carbocycles. The first-order valence-electron chi connectivity index (χ1n) is 8.11. The summed E-state index contributed by atoms with van der Waals surface area (Å²) in [5.74, 6) is 0. The second-order valence-corrected chi connectivity index (χ2v) is 6.06. The van der Waals surface area contributed by atoms with Gasteiger partial charge in [0.2, 0.25) is 0 Å². The molecule has 0 aliphatic heterocycles. The number of amides is 2. The maximum atomic E-state index is 12.1. The van der Waals surface area contributed by atoms with Crippen molar-refractivity contribution in [2.45, 2.75) is 32.9 Å². The number of hydrogen-bond acceptors (Lipinski definition) is 4. The number of rotatable bonds is 5. The van der Waals surface area contributed by atoms with E-state index < -0.39 is 0 Å². The number of nitrogens with zero attached hydrogens (tertiary/aromatic N) is 5. The Balaban J connectivity index is 1.59. The van der Waals surface area contributed by atoms with Crippen molar-refractivity contribution in [1.29, 1.82) is 0 Å². The van der Waals surface area contributed by atoms with Gasteiger partial charge in [0.05, 0.1) is 36.0 Å². The summed E-state index contributed by atoms with van der Waals surface area (Å²) in [7, 11) is 0. The maximum Gasteiger partial charge on any atom is 0.319 e. The molecule has 3 aromatic rings. The molecule has 25 heavy (non-hydrogen) atoms. The Labute approximate surface area is 145 Å². The highest BCUT2D eigenvalue weighted by atomic mass is 16.2. The molecule has 1 atom stereocenters. The van der Waals surface area contributed by atoms with Crippen molar-refractivity contribution in [3.05, 3.63) is 54.6 Å². The lowest BCUT2D eigenvalue weighted by Crippen LogP contribution is -2.31. The third kappa shape index (κ3) is 4.03. The standard InChI is InChI=1S/C17H21N7O/c1-12(2)24-11-15(10-19-24)21-17(25)20-13(3)14-4-6-16(7-5-14)23-9-8-18-22-23/h4-13H,1-3H3,(H2,20,21,25)/t13-/m0/s1. The minimum Gasteiger partial charge on any atom is -0.331 e. The first-order valence-corrected chi connectivity index (χ1v) is 8.11. The molecule has 0 aliphatic rings. The Morgan fingerprint density at radius 1 is 1.16 bits per heavy atom. The fourth-order valence-corrected chi connectivity index (χ4v) is 2.39. The van der Waals surface area contributed by atoms with Crippen molar-refractivity contribution < 1.29 is 4.79 Å². The van der Waals surface area contributed by atoms with Gasteiger partial charge in [-0.2, -0.15) is 5.10 Å². The monoisotopic (exact) mass is 339 g/mol. The summed E-state index contributed by atoms with van der Waals surface area (Å²) in [6.45, 7) is 5.99. The number of nitrogens with one attached hydrogen (secondary N) is 2. The van der Waals surface area contributed by atoms with E-state index in [2.05, 4.69) is 26.0 Å². The molecule has 0 bridgehead atoms. The van der Waals surface area contributed by atoms with Gasteiger partial charge in [0.25, 0.3) is 0 Å². The van der Waals surface area contributed by atoms with E-state index >= 15 is 0 Å². The SMILES string of the molecule is CC(C)n1cc(NC(=O)N[C@@H](C)c2ccc(-n3ccnn3)cc2)cn1. The van der Waals surface area contributed by atoms with Crippen molar-refractivity contribution in [3.8, 4) is 5.69 Å². The summed E-state index contributed by atoms with van der Waals surface area (Å²) >= 11 is 0. The van der Waals surface area contributed by atoms with Gasteiger partial charge in [-0.15, -0.1) is 5.10 Å². The third-order valence-electron chi connectivity index (χ3n) is 3.82. The average Bonchev–Trinajstić information content (AvgIpc) is 3.26. The molecule has 1 aromatic carbocycles. The third-order valence-corrected chi connectivity index (χ3v) is 3.82. The zero-order valence-corrected chi connectivity index (χ0v) is 14.4. The largest absolute Gasteiger partial charge is 0.331 e. The predicted molar refractivity (Wildman–Crippen MR) is 94.5 cm³/mol. The van der Waals surface area contributed by atoms with Crippen molar-refractivity contribution >= 4 is 11.7 Å². The second kappa shape index (κ2) is 7.16. The number of benzene rings is 1. The molecule has 0 radical (unpaired) electrons. The lowest BCUT2D eigenvalue weighted by atomic mass is 10.1. The van der Waals surface area contributed by atoms with Gasteiger partial charge in [-0.3, -0.25) is 4.68 Å². The highest BCUT2D eigenvalue weighted by molar-refractivity contribution is 5.89. The van der Waals surface area contributed by atoms with Crippen LogP contribution in [0.25, 0.3) is 5.69 Å². The van der Waals surface area contributed by atoms with Crippen LogP contribution in [0.2, 0.25) is 0 Å². The first kappa shape index (κ1) is 16.7. The number of urea groups is 1. The fraction of sp³-hybridized carbons (Fsp3) is 0.294. The molecular formula is C17H21N7O.